The average molecular weight is 363 g/mol. The molecule has 0 amide bonds. The summed E-state index contributed by atoms with van der Waals surface area (Å²) < 4.78 is 37.7. The van der Waals surface area contributed by atoms with Crippen LogP contribution in [0.2, 0.25) is 0 Å². The molecule has 0 radical (unpaired) electrons. The van der Waals surface area contributed by atoms with Crippen molar-refractivity contribution < 1.29 is 18.0 Å². The van der Waals surface area contributed by atoms with Gasteiger partial charge in [-0.05, 0) is 34.7 Å². The van der Waals surface area contributed by atoms with E-state index in [0.29, 0.717) is 0 Å². The van der Waals surface area contributed by atoms with Crippen molar-refractivity contribution in [3.8, 4) is 0 Å². The minimum absolute atomic E-state index is 0.0411. The number of hydrogen-bond donors (Lipinski definition) is 0. The van der Waals surface area contributed by atoms with E-state index >= 15 is 0 Å². The number of carbonyl (C=O) groups excluding carboxylic acids is 1. The summed E-state index contributed by atoms with van der Waals surface area (Å²) in [5.74, 6) is -0.275. The van der Waals surface area contributed by atoms with Crippen LogP contribution in [0.4, 0.5) is 13.2 Å². The summed E-state index contributed by atoms with van der Waals surface area (Å²) in [6.45, 7) is 0. The monoisotopic (exact) mass is 362 g/mol. The zero-order valence-electron chi connectivity index (χ0n) is 7.94. The van der Waals surface area contributed by atoms with Crippen LogP contribution in [0, 0.1) is 3.57 Å². The Morgan fingerprint density at radius 1 is 1.38 bits per heavy atom. The molecule has 1 aromatic rings. The molecule has 16 heavy (non-hydrogen) atoms. The molecule has 88 valence electrons. The van der Waals surface area contributed by atoms with E-state index in [1.165, 1.54) is 12.1 Å². The molecule has 0 spiro atoms. The van der Waals surface area contributed by atoms with Crippen molar-refractivity contribution >= 4 is 40.0 Å². The van der Waals surface area contributed by atoms with Crippen molar-refractivity contribution in [1.29, 1.82) is 0 Å². The Kier molecular flexibility index (Phi) is 4.61. The predicted octanol–water partition coefficient (Wildman–Crippen LogP) is 4.12. The number of halogens is 5. The second-order valence-corrected chi connectivity index (χ2v) is 4.59. The summed E-state index contributed by atoms with van der Waals surface area (Å²) in [6, 6.07) is 3.54. The van der Waals surface area contributed by atoms with Crippen LogP contribution in [0.5, 0.6) is 0 Å². The smallest absolute Gasteiger partial charge is 0.294 e. The second kappa shape index (κ2) is 5.35. The van der Waals surface area contributed by atoms with Crippen molar-refractivity contribution in [2.45, 2.75) is 12.6 Å². The topological polar surface area (TPSA) is 17.1 Å². The molecule has 1 rings (SSSR count). The van der Waals surface area contributed by atoms with Crippen molar-refractivity contribution in [2.24, 2.45) is 0 Å². The van der Waals surface area contributed by atoms with Gasteiger partial charge in [0.25, 0.3) is 0 Å². The first kappa shape index (κ1) is 13.8. The van der Waals surface area contributed by atoms with E-state index in [9.17, 15) is 18.0 Å². The van der Waals surface area contributed by atoms with Crippen LogP contribution in [-0.2, 0) is 6.18 Å². The lowest BCUT2D eigenvalue weighted by Gasteiger charge is -2.10. The predicted molar refractivity (Wildman–Crippen MR) is 63.8 cm³/mol. The molecule has 1 aromatic carbocycles. The van der Waals surface area contributed by atoms with E-state index in [-0.39, 0.29) is 27.2 Å². The van der Waals surface area contributed by atoms with E-state index in [2.05, 4.69) is 0 Å². The molecule has 0 saturated carbocycles. The van der Waals surface area contributed by atoms with Crippen molar-refractivity contribution in [3.05, 3.63) is 32.9 Å². The van der Waals surface area contributed by atoms with E-state index in [1.54, 1.807) is 22.6 Å². The van der Waals surface area contributed by atoms with Crippen LogP contribution in [0.3, 0.4) is 0 Å². The van der Waals surface area contributed by atoms with Crippen molar-refractivity contribution in [3.63, 3.8) is 0 Å². The average Bonchev–Trinajstić information content (AvgIpc) is 2.16. The highest BCUT2D eigenvalue weighted by Crippen LogP contribution is 2.33. The number of benzene rings is 1. The largest absolute Gasteiger partial charge is 0.417 e. The minimum Gasteiger partial charge on any atom is -0.294 e. The fourth-order valence-corrected chi connectivity index (χ4v) is 1.96. The first-order valence-electron chi connectivity index (χ1n) is 4.32. The highest BCUT2D eigenvalue weighted by atomic mass is 127. The lowest BCUT2D eigenvalue weighted by Crippen LogP contribution is -2.10. The Hall–Kier alpha value is -0.300. The minimum atomic E-state index is -4.44. The Balaban J connectivity index is 3.13. The molecular weight excluding hydrogens is 355 g/mol. The summed E-state index contributed by atoms with van der Waals surface area (Å²) in [5, 5.41) is 0. The first-order valence-corrected chi connectivity index (χ1v) is 5.93. The summed E-state index contributed by atoms with van der Waals surface area (Å²) in [6.07, 6.45) is -4.40. The second-order valence-electron chi connectivity index (χ2n) is 3.05. The SMILES string of the molecule is O=C(CCCl)c1ccc(I)c(C(F)(F)F)c1. The molecule has 0 N–H and O–H groups in total. The summed E-state index contributed by atoms with van der Waals surface area (Å²) in [4.78, 5) is 11.4. The highest BCUT2D eigenvalue weighted by Gasteiger charge is 2.33. The van der Waals surface area contributed by atoms with E-state index in [1.807, 2.05) is 0 Å². The van der Waals surface area contributed by atoms with Crippen molar-refractivity contribution in [2.75, 3.05) is 5.88 Å². The molecule has 6 heteroatoms. The molecular formula is C10H7ClF3IO. The first-order chi connectivity index (χ1) is 7.36. The molecule has 0 aromatic heterocycles. The Morgan fingerprint density at radius 2 is 2.00 bits per heavy atom. The van der Waals surface area contributed by atoms with E-state index in [4.69, 9.17) is 11.6 Å². The molecule has 0 heterocycles. The van der Waals surface area contributed by atoms with Gasteiger partial charge in [0, 0.05) is 21.4 Å². The number of carbonyl (C=O) groups is 1. The molecule has 0 unspecified atom stereocenters. The van der Waals surface area contributed by atoms with Crippen LogP contribution in [0.1, 0.15) is 22.3 Å². The zero-order chi connectivity index (χ0) is 12.3. The normalized spacial score (nSPS) is 11.6. The molecule has 0 atom stereocenters. The maximum Gasteiger partial charge on any atom is 0.417 e. The molecule has 0 aliphatic heterocycles. The summed E-state index contributed by atoms with van der Waals surface area (Å²) in [5.41, 5.74) is -0.734. The number of rotatable bonds is 3. The van der Waals surface area contributed by atoms with Gasteiger partial charge in [0.15, 0.2) is 5.78 Å². The molecule has 0 fully saturated rings. The lowest BCUT2D eigenvalue weighted by atomic mass is 10.1. The quantitative estimate of drug-likeness (QED) is 0.449. The maximum atomic E-state index is 12.5. The highest BCUT2D eigenvalue weighted by molar-refractivity contribution is 14.1. The van der Waals surface area contributed by atoms with Gasteiger partial charge in [0.05, 0.1) is 5.56 Å². The van der Waals surface area contributed by atoms with Gasteiger partial charge in [-0.15, -0.1) is 11.6 Å². The number of hydrogen-bond acceptors (Lipinski definition) is 1. The molecule has 0 bridgehead atoms. The van der Waals surface area contributed by atoms with Gasteiger partial charge in [0.2, 0.25) is 0 Å². The Morgan fingerprint density at radius 3 is 2.50 bits per heavy atom. The van der Waals surface area contributed by atoms with Gasteiger partial charge < -0.3 is 0 Å². The molecule has 1 nitrogen and oxygen atoms in total. The zero-order valence-corrected chi connectivity index (χ0v) is 10.9. The fraction of sp³-hybridized carbons (Fsp3) is 0.300. The van der Waals surface area contributed by atoms with Crippen LogP contribution < -0.4 is 0 Å². The van der Waals surface area contributed by atoms with Gasteiger partial charge in [-0.2, -0.15) is 13.2 Å². The third kappa shape index (κ3) is 3.35. The van der Waals surface area contributed by atoms with Gasteiger partial charge in [0.1, 0.15) is 0 Å². The number of alkyl halides is 4. The van der Waals surface area contributed by atoms with E-state index in [0.717, 1.165) is 6.07 Å². The Labute approximate surface area is 109 Å². The Bertz CT molecular complexity index is 404. The number of ketones is 1. The van der Waals surface area contributed by atoms with Crippen LogP contribution >= 0.6 is 34.2 Å². The van der Waals surface area contributed by atoms with Gasteiger partial charge in [-0.25, -0.2) is 0 Å². The standard InChI is InChI=1S/C10H7ClF3IO/c11-4-3-9(16)6-1-2-8(15)7(5-6)10(12,13)14/h1-2,5H,3-4H2. The van der Waals surface area contributed by atoms with Crippen LogP contribution in [-0.4, -0.2) is 11.7 Å². The molecule has 0 aliphatic carbocycles. The van der Waals surface area contributed by atoms with Crippen LogP contribution in [0.15, 0.2) is 18.2 Å². The van der Waals surface area contributed by atoms with E-state index < -0.39 is 11.7 Å². The van der Waals surface area contributed by atoms with Crippen LogP contribution in [0.25, 0.3) is 0 Å². The maximum absolute atomic E-state index is 12.5. The van der Waals surface area contributed by atoms with Crippen molar-refractivity contribution in [1.82, 2.24) is 0 Å². The van der Waals surface area contributed by atoms with Gasteiger partial charge in [-0.3, -0.25) is 4.79 Å². The third-order valence-electron chi connectivity index (χ3n) is 1.92. The lowest BCUT2D eigenvalue weighted by molar-refractivity contribution is -0.138. The number of Topliss-reactive ketones (excluding diaryl/α,β-unsaturated/α-hetero) is 1. The molecule has 0 aliphatic rings. The third-order valence-corrected chi connectivity index (χ3v) is 3.04. The summed E-state index contributed by atoms with van der Waals surface area (Å²) in [7, 11) is 0. The van der Waals surface area contributed by atoms with Gasteiger partial charge in [-0.1, -0.05) is 6.07 Å². The van der Waals surface area contributed by atoms with Gasteiger partial charge >= 0.3 is 6.18 Å². The molecule has 0 saturated heterocycles. The summed E-state index contributed by atoms with van der Waals surface area (Å²) >= 11 is 6.95. The fourth-order valence-electron chi connectivity index (χ4n) is 1.15.